The minimum atomic E-state index is -0.220. The van der Waals surface area contributed by atoms with Gasteiger partial charge in [0.15, 0.2) is 5.65 Å². The predicted molar refractivity (Wildman–Crippen MR) is 122 cm³/mol. The summed E-state index contributed by atoms with van der Waals surface area (Å²) >= 11 is 0. The Morgan fingerprint density at radius 2 is 1.70 bits per heavy atom. The van der Waals surface area contributed by atoms with E-state index >= 15 is 0 Å². The smallest absolute Gasteiger partial charge is 0.205 e. The number of fused-ring (bicyclic) bond motifs is 1. The number of methoxy groups -OCH3 is 1. The van der Waals surface area contributed by atoms with E-state index in [2.05, 4.69) is 54.8 Å². The molecule has 0 radical (unpaired) electrons. The van der Waals surface area contributed by atoms with E-state index in [0.29, 0.717) is 11.3 Å². The monoisotopic (exact) mass is 401 g/mol. The molecule has 0 saturated carbocycles. The summed E-state index contributed by atoms with van der Waals surface area (Å²) in [4.78, 5) is 16.0. The van der Waals surface area contributed by atoms with Crippen LogP contribution < -0.4 is 4.74 Å². The average Bonchev–Trinajstić information content (AvgIpc) is 3.20. The van der Waals surface area contributed by atoms with Crippen molar-refractivity contribution in [2.75, 3.05) is 7.11 Å². The maximum Gasteiger partial charge on any atom is 0.205 e. The number of hydrogen-bond donors (Lipinski definition) is 0. The number of carbonyl (C=O) groups excluding carboxylic acids is 1. The Labute approximate surface area is 178 Å². The molecular weight excluding hydrogens is 374 g/mol. The quantitative estimate of drug-likeness (QED) is 0.328. The summed E-state index contributed by atoms with van der Waals surface area (Å²) in [5.74, 6) is 0.611. The van der Waals surface area contributed by atoms with Crippen LogP contribution in [0, 0.1) is 20.8 Å². The van der Waals surface area contributed by atoms with Crippen LogP contribution in [0.15, 0.2) is 73.4 Å². The SMILES string of the molecule is C=CC(=O)c1cc2nccc(-c3ccc(OC)c(C)c3)n2n1.Cc1ccc(C)cc1.[HH]. The van der Waals surface area contributed by atoms with E-state index < -0.39 is 0 Å². The Morgan fingerprint density at radius 3 is 2.27 bits per heavy atom. The summed E-state index contributed by atoms with van der Waals surface area (Å²) in [6.07, 6.45) is 2.95. The Bertz CT molecular complexity index is 1180. The number of carbonyl (C=O) groups is 1. The lowest BCUT2D eigenvalue weighted by Gasteiger charge is -2.08. The second kappa shape index (κ2) is 9.18. The van der Waals surface area contributed by atoms with Crippen molar-refractivity contribution in [2.45, 2.75) is 20.8 Å². The third-order valence-electron chi connectivity index (χ3n) is 4.70. The van der Waals surface area contributed by atoms with Crippen LogP contribution in [0.4, 0.5) is 0 Å². The van der Waals surface area contributed by atoms with Gasteiger partial charge in [0.2, 0.25) is 5.78 Å². The summed E-state index contributed by atoms with van der Waals surface area (Å²) in [5, 5.41) is 4.33. The number of aromatic nitrogens is 3. The van der Waals surface area contributed by atoms with Gasteiger partial charge in [-0.2, -0.15) is 5.10 Å². The number of nitrogens with zero attached hydrogens (tertiary/aromatic N) is 3. The molecule has 0 spiro atoms. The van der Waals surface area contributed by atoms with Gasteiger partial charge in [-0.15, -0.1) is 0 Å². The van der Waals surface area contributed by atoms with Crippen molar-refractivity contribution in [3.8, 4) is 17.0 Å². The molecule has 4 rings (SSSR count). The van der Waals surface area contributed by atoms with E-state index in [0.717, 1.165) is 22.6 Å². The number of rotatable bonds is 4. The fourth-order valence-corrected chi connectivity index (χ4v) is 3.01. The first-order valence-corrected chi connectivity index (χ1v) is 9.62. The maximum atomic E-state index is 11.7. The van der Waals surface area contributed by atoms with Crippen LogP contribution in [0.5, 0.6) is 5.75 Å². The number of aryl methyl sites for hydroxylation is 3. The Hall–Kier alpha value is -3.73. The Kier molecular flexibility index (Phi) is 6.42. The van der Waals surface area contributed by atoms with Crippen molar-refractivity contribution in [1.82, 2.24) is 14.6 Å². The summed E-state index contributed by atoms with van der Waals surface area (Å²) in [6, 6.07) is 17.9. The van der Waals surface area contributed by atoms with Crippen molar-refractivity contribution >= 4 is 11.4 Å². The number of ether oxygens (including phenoxy) is 1. The van der Waals surface area contributed by atoms with Gasteiger partial charge in [-0.3, -0.25) is 4.79 Å². The molecule has 2 heterocycles. The zero-order valence-electron chi connectivity index (χ0n) is 17.7. The van der Waals surface area contributed by atoms with Gasteiger partial charge >= 0.3 is 0 Å². The molecule has 0 fully saturated rings. The van der Waals surface area contributed by atoms with Gasteiger partial charge in [0.05, 0.1) is 12.8 Å². The van der Waals surface area contributed by atoms with Crippen LogP contribution in [0.25, 0.3) is 16.9 Å². The number of allylic oxidation sites excluding steroid dienone is 1. The molecule has 2 aromatic heterocycles. The number of ketones is 1. The molecule has 0 amide bonds. The lowest BCUT2D eigenvalue weighted by Crippen LogP contribution is -1.99. The molecule has 0 bridgehead atoms. The molecule has 154 valence electrons. The largest absolute Gasteiger partial charge is 0.496 e. The second-order valence-corrected chi connectivity index (χ2v) is 7.04. The van der Waals surface area contributed by atoms with Crippen molar-refractivity contribution in [1.29, 1.82) is 0 Å². The van der Waals surface area contributed by atoms with E-state index in [-0.39, 0.29) is 7.21 Å². The maximum absolute atomic E-state index is 11.7. The van der Waals surface area contributed by atoms with Gasteiger partial charge in [-0.25, -0.2) is 9.50 Å². The Morgan fingerprint density at radius 1 is 1.03 bits per heavy atom. The van der Waals surface area contributed by atoms with E-state index in [9.17, 15) is 4.79 Å². The fourth-order valence-electron chi connectivity index (χ4n) is 3.01. The zero-order chi connectivity index (χ0) is 21.7. The third kappa shape index (κ3) is 4.63. The molecule has 0 aliphatic carbocycles. The molecule has 0 saturated heterocycles. The first kappa shape index (κ1) is 21.0. The average molecular weight is 402 g/mol. The lowest BCUT2D eigenvalue weighted by molar-refractivity contribution is 0.104. The standard InChI is InChI=1S/C17H15N3O2.C8H10.H2/c1-4-15(21)13-10-17-18-8-7-14(20(17)19-13)12-5-6-16(22-3)11(2)9-12;1-7-3-5-8(2)6-4-7;/h4-10H,1H2,2-3H3;3-6H,1-2H3;1H. The highest BCUT2D eigenvalue weighted by molar-refractivity contribution is 6.03. The van der Waals surface area contributed by atoms with E-state index in [1.54, 1.807) is 23.9 Å². The second-order valence-electron chi connectivity index (χ2n) is 7.04. The summed E-state index contributed by atoms with van der Waals surface area (Å²) in [6.45, 7) is 9.66. The van der Waals surface area contributed by atoms with Crippen molar-refractivity contribution in [3.63, 3.8) is 0 Å². The molecule has 5 heteroatoms. The first-order valence-electron chi connectivity index (χ1n) is 9.62. The summed E-state index contributed by atoms with van der Waals surface area (Å²) < 4.78 is 6.95. The number of benzene rings is 2. The van der Waals surface area contributed by atoms with Crippen LogP contribution in [-0.2, 0) is 0 Å². The normalized spacial score (nSPS) is 10.3. The van der Waals surface area contributed by atoms with Gasteiger partial charge < -0.3 is 4.74 Å². The van der Waals surface area contributed by atoms with Crippen molar-refractivity contribution < 1.29 is 11.0 Å². The van der Waals surface area contributed by atoms with E-state index in [4.69, 9.17) is 4.74 Å². The topological polar surface area (TPSA) is 56.5 Å². The van der Waals surface area contributed by atoms with Crippen LogP contribution >= 0.6 is 0 Å². The minimum Gasteiger partial charge on any atom is -0.496 e. The molecule has 0 unspecified atom stereocenters. The van der Waals surface area contributed by atoms with Gasteiger partial charge in [0.25, 0.3) is 0 Å². The van der Waals surface area contributed by atoms with Gasteiger partial charge in [0.1, 0.15) is 11.4 Å². The Balaban J connectivity index is 0.000000322. The van der Waals surface area contributed by atoms with Crippen molar-refractivity contribution in [3.05, 3.63) is 95.8 Å². The fraction of sp³-hybridized carbons (Fsp3) is 0.160. The highest BCUT2D eigenvalue weighted by Gasteiger charge is 2.12. The molecule has 5 nitrogen and oxygen atoms in total. The van der Waals surface area contributed by atoms with E-state index in [1.165, 1.54) is 17.2 Å². The minimum absolute atomic E-state index is 0. The van der Waals surface area contributed by atoms with Crippen LogP contribution in [-0.4, -0.2) is 27.5 Å². The third-order valence-corrected chi connectivity index (χ3v) is 4.70. The molecular formula is C25H27N3O2. The van der Waals surface area contributed by atoms with Crippen LogP contribution in [0.2, 0.25) is 0 Å². The first-order chi connectivity index (χ1) is 14.4. The molecule has 30 heavy (non-hydrogen) atoms. The highest BCUT2D eigenvalue weighted by atomic mass is 16.5. The van der Waals surface area contributed by atoms with Crippen LogP contribution in [0.1, 0.15) is 28.6 Å². The molecule has 4 aromatic rings. The number of hydrogen-bond acceptors (Lipinski definition) is 4. The highest BCUT2D eigenvalue weighted by Crippen LogP contribution is 2.26. The van der Waals surface area contributed by atoms with Gasteiger partial charge in [-0.05, 0) is 56.7 Å². The lowest BCUT2D eigenvalue weighted by atomic mass is 10.1. The molecule has 0 aliphatic rings. The van der Waals surface area contributed by atoms with E-state index in [1.807, 2.05) is 31.2 Å². The molecule has 0 aliphatic heterocycles. The molecule has 2 aromatic carbocycles. The summed E-state index contributed by atoms with van der Waals surface area (Å²) in [7, 11) is 1.65. The van der Waals surface area contributed by atoms with Gasteiger partial charge in [0, 0.05) is 19.3 Å². The predicted octanol–water partition coefficient (Wildman–Crippen LogP) is 5.63. The molecule has 0 N–H and O–H groups in total. The van der Waals surface area contributed by atoms with Crippen LogP contribution in [0.3, 0.4) is 0 Å². The molecule has 0 atom stereocenters. The summed E-state index contributed by atoms with van der Waals surface area (Å²) in [5.41, 5.74) is 6.48. The van der Waals surface area contributed by atoms with Gasteiger partial charge in [-0.1, -0.05) is 42.0 Å². The zero-order valence-corrected chi connectivity index (χ0v) is 17.7. The van der Waals surface area contributed by atoms with Crippen molar-refractivity contribution in [2.24, 2.45) is 0 Å².